The molecule has 9 heteroatoms. The third-order valence-electron chi connectivity index (χ3n) is 6.15. The molecule has 1 atom stereocenters. The molecule has 3 heterocycles. The van der Waals surface area contributed by atoms with E-state index in [9.17, 15) is 4.79 Å². The predicted octanol–water partition coefficient (Wildman–Crippen LogP) is 3.95. The van der Waals surface area contributed by atoms with Gasteiger partial charge in [0.15, 0.2) is 0 Å². The summed E-state index contributed by atoms with van der Waals surface area (Å²) < 4.78 is 6.31. The normalized spacial score (nSPS) is 14.7. The van der Waals surface area contributed by atoms with E-state index in [4.69, 9.17) is 17.3 Å². The molecule has 1 aliphatic carbocycles. The van der Waals surface area contributed by atoms with E-state index in [2.05, 4.69) is 63.0 Å². The van der Waals surface area contributed by atoms with Gasteiger partial charge in [0.05, 0.1) is 36.1 Å². The molecule has 208 valence electrons. The molecule has 1 fully saturated rings. The van der Waals surface area contributed by atoms with Gasteiger partial charge in [-0.3, -0.25) is 9.78 Å². The number of nitrogens with two attached hydrogens (primary N) is 1. The number of hydrogen-bond acceptors (Lipinski definition) is 7. The van der Waals surface area contributed by atoms with Crippen molar-refractivity contribution in [1.29, 1.82) is 0 Å². The molecule has 2 aromatic heterocycles. The predicted molar refractivity (Wildman–Crippen MR) is 159 cm³/mol. The minimum absolute atomic E-state index is 0.0301. The summed E-state index contributed by atoms with van der Waals surface area (Å²) in [6.07, 6.45) is 16.3. The van der Waals surface area contributed by atoms with E-state index in [1.54, 1.807) is 20.2 Å². The minimum Gasteiger partial charge on any atom is -0.465 e. The molecule has 39 heavy (non-hydrogen) atoms. The maximum atomic E-state index is 9.39. The number of ether oxygens (including phenoxy) is 1. The molecule has 0 unspecified atom stereocenters. The highest BCUT2D eigenvalue weighted by Gasteiger charge is 2.23. The largest absolute Gasteiger partial charge is 0.465 e. The molecular weight excluding hydrogens is 512 g/mol. The van der Waals surface area contributed by atoms with Crippen LogP contribution in [-0.2, 0) is 23.0 Å². The number of fused-ring (bicyclic) bond motifs is 2. The number of imidazole rings is 1. The summed E-state index contributed by atoms with van der Waals surface area (Å²) in [5.74, 6) is 0. The monoisotopic (exact) mass is 550 g/mol. The molecule has 0 spiro atoms. The average Bonchev–Trinajstić information content (AvgIpc) is 3.29. The van der Waals surface area contributed by atoms with Gasteiger partial charge in [-0.2, -0.15) is 0 Å². The second-order valence-electron chi connectivity index (χ2n) is 9.36. The zero-order valence-electron chi connectivity index (χ0n) is 23.2. The van der Waals surface area contributed by atoms with Crippen molar-refractivity contribution >= 4 is 29.7 Å². The van der Waals surface area contributed by atoms with Gasteiger partial charge in [0.25, 0.3) is 6.47 Å². The number of carbonyl (C=O) groups excluding carboxylic acids is 1. The van der Waals surface area contributed by atoms with Gasteiger partial charge in [0.1, 0.15) is 0 Å². The zero-order chi connectivity index (χ0) is 28.8. The fourth-order valence-corrected chi connectivity index (χ4v) is 4.27. The van der Waals surface area contributed by atoms with Crippen molar-refractivity contribution in [3.63, 3.8) is 0 Å². The third kappa shape index (κ3) is 9.65. The Morgan fingerprint density at radius 2 is 1.90 bits per heavy atom. The van der Waals surface area contributed by atoms with Crippen LogP contribution >= 0.6 is 11.6 Å². The van der Waals surface area contributed by atoms with Crippen molar-refractivity contribution in [2.24, 2.45) is 12.8 Å². The number of hydrogen-bond donors (Lipinski definition) is 2. The maximum absolute atomic E-state index is 9.39. The van der Waals surface area contributed by atoms with Gasteiger partial charge in [-0.25, -0.2) is 4.98 Å². The van der Waals surface area contributed by atoms with Gasteiger partial charge < -0.3 is 25.3 Å². The number of nitrogens with zero attached hydrogens (tertiary/aromatic N) is 4. The lowest BCUT2D eigenvalue weighted by molar-refractivity contribution is -0.131. The number of piperazine rings is 1. The number of terminal acetylenes is 1. The van der Waals surface area contributed by atoms with Gasteiger partial charge in [-0.05, 0) is 67.4 Å². The highest BCUT2D eigenvalue weighted by atomic mass is 35.5. The number of carbonyl (C=O) groups is 1. The molecule has 0 amide bonds. The van der Waals surface area contributed by atoms with Crippen LogP contribution in [0.5, 0.6) is 0 Å². The number of rotatable bonds is 4. The van der Waals surface area contributed by atoms with Gasteiger partial charge in [-0.15, -0.1) is 12.8 Å². The SMILES string of the molecule is C#C.CC(C)OC=O.CN1CCNCC1.Cn1cncc1[C@H](N)C1=Cc2cccnc2Cc2ccc(Cl)cc21. The van der Waals surface area contributed by atoms with Crippen molar-refractivity contribution in [3.05, 3.63) is 82.2 Å². The number of aryl methyl sites for hydroxylation is 1. The third-order valence-corrected chi connectivity index (χ3v) is 6.39. The second kappa shape index (κ2) is 16.5. The van der Waals surface area contributed by atoms with Crippen molar-refractivity contribution in [2.75, 3.05) is 33.2 Å². The van der Waals surface area contributed by atoms with E-state index in [1.165, 1.54) is 18.7 Å². The Morgan fingerprint density at radius 3 is 2.44 bits per heavy atom. The number of halogens is 1. The molecule has 8 nitrogen and oxygen atoms in total. The number of likely N-dealkylation sites (N-methyl/N-ethyl adjacent to an activating group) is 1. The summed E-state index contributed by atoms with van der Waals surface area (Å²) in [5, 5.41) is 3.98. The number of aromatic nitrogens is 3. The Morgan fingerprint density at radius 1 is 1.18 bits per heavy atom. The average molecular weight is 551 g/mol. The van der Waals surface area contributed by atoms with Crippen LogP contribution in [-0.4, -0.2) is 65.2 Å². The topological polar surface area (TPSA) is 98.3 Å². The Labute approximate surface area is 237 Å². The van der Waals surface area contributed by atoms with Crippen LogP contribution in [0, 0.1) is 12.8 Å². The molecule has 1 aromatic carbocycles. The van der Waals surface area contributed by atoms with Crippen LogP contribution in [0.3, 0.4) is 0 Å². The van der Waals surface area contributed by atoms with Gasteiger partial charge in [0.2, 0.25) is 0 Å². The summed E-state index contributed by atoms with van der Waals surface area (Å²) >= 11 is 6.27. The van der Waals surface area contributed by atoms with Crippen LogP contribution in [0.15, 0.2) is 49.1 Å². The summed E-state index contributed by atoms with van der Waals surface area (Å²) in [4.78, 5) is 20.5. The van der Waals surface area contributed by atoms with Crippen molar-refractivity contribution < 1.29 is 9.53 Å². The van der Waals surface area contributed by atoms with Gasteiger partial charge in [0, 0.05) is 50.9 Å². The highest BCUT2D eigenvalue weighted by molar-refractivity contribution is 6.30. The molecule has 5 rings (SSSR count). The number of benzene rings is 1. The lowest BCUT2D eigenvalue weighted by Crippen LogP contribution is -2.40. The fourth-order valence-electron chi connectivity index (χ4n) is 4.10. The first-order valence-corrected chi connectivity index (χ1v) is 13.2. The summed E-state index contributed by atoms with van der Waals surface area (Å²) in [5.41, 5.74) is 13.0. The Bertz CT molecular complexity index is 1230. The molecule has 1 saturated heterocycles. The lowest BCUT2D eigenvalue weighted by atomic mass is 9.92. The van der Waals surface area contributed by atoms with Crippen molar-refractivity contribution in [3.8, 4) is 12.8 Å². The summed E-state index contributed by atoms with van der Waals surface area (Å²) in [6.45, 7) is 8.79. The van der Waals surface area contributed by atoms with Crippen molar-refractivity contribution in [1.82, 2.24) is 24.8 Å². The second-order valence-corrected chi connectivity index (χ2v) is 9.80. The Kier molecular flexibility index (Phi) is 13.4. The molecular formula is C30H39ClN6O2. The lowest BCUT2D eigenvalue weighted by Gasteiger charge is -2.21. The molecule has 2 aliphatic rings. The van der Waals surface area contributed by atoms with Gasteiger partial charge >= 0.3 is 0 Å². The standard InChI is InChI=1S/C19H17ClN4.C5H12N2.C4H8O2.C2H2/c1-24-11-22-10-18(24)19(21)16-7-13-3-2-6-23-17(13)8-12-4-5-14(20)9-15(12)16;1-7-4-2-6-3-5-7;1-4(2)6-3-5;1-2/h2-7,9-11,19H,8,21H2,1H3;6H,2-5H2,1H3;3-4H,1-2H3;1-2H/t19-;;;/m1.../s1. The van der Waals surface area contributed by atoms with Crippen molar-refractivity contribution in [2.45, 2.75) is 32.4 Å². The van der Waals surface area contributed by atoms with Gasteiger partial charge in [-0.1, -0.05) is 23.7 Å². The quantitative estimate of drug-likeness (QED) is 0.375. The first-order chi connectivity index (χ1) is 18.8. The van der Waals surface area contributed by atoms with E-state index in [0.717, 1.165) is 47.6 Å². The molecule has 3 aromatic rings. The number of nitrogens with one attached hydrogen (secondary N) is 1. The summed E-state index contributed by atoms with van der Waals surface area (Å²) in [7, 11) is 4.11. The number of pyridine rings is 1. The zero-order valence-corrected chi connectivity index (χ0v) is 23.9. The Hall–Kier alpha value is -3.48. The Balaban J connectivity index is 0.000000293. The van der Waals surface area contributed by atoms with E-state index >= 15 is 0 Å². The van der Waals surface area contributed by atoms with Crippen LogP contribution in [0.4, 0.5) is 0 Å². The molecule has 3 N–H and O–H groups in total. The first-order valence-electron chi connectivity index (χ1n) is 12.8. The fraction of sp³-hybridized carbons (Fsp3) is 0.367. The van der Waals surface area contributed by atoms with Crippen LogP contribution in [0.25, 0.3) is 11.6 Å². The summed E-state index contributed by atoms with van der Waals surface area (Å²) in [6, 6.07) is 9.70. The van der Waals surface area contributed by atoms with Crippen LogP contribution in [0.2, 0.25) is 5.02 Å². The van der Waals surface area contributed by atoms with Crippen LogP contribution < -0.4 is 11.1 Å². The smallest absolute Gasteiger partial charge is 0.293 e. The van der Waals surface area contributed by atoms with E-state index in [-0.39, 0.29) is 12.1 Å². The van der Waals surface area contributed by atoms with E-state index < -0.39 is 0 Å². The first kappa shape index (κ1) is 31.7. The highest BCUT2D eigenvalue weighted by Crippen LogP contribution is 2.37. The molecule has 0 bridgehead atoms. The minimum atomic E-state index is -0.291. The van der Waals surface area contributed by atoms with E-state index in [1.807, 2.05) is 42.2 Å². The molecule has 1 aliphatic heterocycles. The maximum Gasteiger partial charge on any atom is 0.293 e. The molecule has 0 saturated carbocycles. The van der Waals surface area contributed by atoms with Crippen LogP contribution in [0.1, 0.15) is 48.0 Å². The molecule has 0 radical (unpaired) electrons. The van der Waals surface area contributed by atoms with E-state index in [0.29, 0.717) is 11.5 Å².